The summed E-state index contributed by atoms with van der Waals surface area (Å²) in [5.74, 6) is 0.894. The van der Waals surface area contributed by atoms with Crippen molar-refractivity contribution in [3.05, 3.63) is 84.4 Å². The van der Waals surface area contributed by atoms with Crippen LogP contribution in [0.3, 0.4) is 0 Å². The van der Waals surface area contributed by atoms with Crippen LogP contribution >= 0.6 is 0 Å². The molecule has 0 unspecified atom stereocenters. The molecule has 0 heterocycles. The number of fused-ring (bicyclic) bond motifs is 1. The van der Waals surface area contributed by atoms with E-state index in [1.165, 1.54) is 21.9 Å². The highest BCUT2D eigenvalue weighted by Gasteiger charge is 2.06. The monoisotopic (exact) mass is 274 g/mol. The van der Waals surface area contributed by atoms with Crippen molar-refractivity contribution in [2.75, 3.05) is 0 Å². The standard InChI is InChI=1S/C20H18O/c1-15(2)18-13-12-16(19-10-6-7-11-20(18)19)14-21-17-8-4-3-5-9-17/h3-13H,1,14H2,2H3. The van der Waals surface area contributed by atoms with E-state index in [4.69, 9.17) is 4.74 Å². The first-order valence-electron chi connectivity index (χ1n) is 7.10. The Morgan fingerprint density at radius 3 is 2.24 bits per heavy atom. The molecule has 0 radical (unpaired) electrons. The van der Waals surface area contributed by atoms with E-state index in [1.54, 1.807) is 0 Å². The second-order valence-electron chi connectivity index (χ2n) is 5.20. The number of ether oxygens (including phenoxy) is 1. The van der Waals surface area contributed by atoms with Crippen molar-refractivity contribution < 1.29 is 4.74 Å². The third kappa shape index (κ3) is 2.82. The smallest absolute Gasteiger partial charge is 0.119 e. The van der Waals surface area contributed by atoms with Gasteiger partial charge in [-0.05, 0) is 41.0 Å². The lowest BCUT2D eigenvalue weighted by atomic mass is 9.96. The van der Waals surface area contributed by atoms with Gasteiger partial charge in [0.15, 0.2) is 0 Å². The zero-order chi connectivity index (χ0) is 14.7. The van der Waals surface area contributed by atoms with Crippen LogP contribution in [0.1, 0.15) is 18.1 Å². The summed E-state index contributed by atoms with van der Waals surface area (Å²) in [4.78, 5) is 0. The molecular weight excluding hydrogens is 256 g/mol. The molecule has 0 amide bonds. The van der Waals surface area contributed by atoms with Crippen LogP contribution < -0.4 is 4.74 Å². The van der Waals surface area contributed by atoms with Crippen molar-refractivity contribution in [1.29, 1.82) is 0 Å². The molecule has 21 heavy (non-hydrogen) atoms. The Labute approximate surface area is 125 Å². The molecule has 104 valence electrons. The second-order valence-corrected chi connectivity index (χ2v) is 5.20. The Morgan fingerprint density at radius 2 is 1.52 bits per heavy atom. The van der Waals surface area contributed by atoms with Crippen LogP contribution in [0.5, 0.6) is 5.75 Å². The van der Waals surface area contributed by atoms with Gasteiger partial charge in [0.1, 0.15) is 12.4 Å². The highest BCUT2D eigenvalue weighted by atomic mass is 16.5. The average molecular weight is 274 g/mol. The first-order valence-corrected chi connectivity index (χ1v) is 7.10. The number of para-hydroxylation sites is 1. The van der Waals surface area contributed by atoms with E-state index in [1.807, 2.05) is 37.3 Å². The van der Waals surface area contributed by atoms with Crippen LogP contribution in [-0.4, -0.2) is 0 Å². The molecule has 0 aliphatic heterocycles. The molecule has 0 bridgehead atoms. The van der Waals surface area contributed by atoms with Crippen molar-refractivity contribution in [1.82, 2.24) is 0 Å². The van der Waals surface area contributed by atoms with Gasteiger partial charge >= 0.3 is 0 Å². The van der Waals surface area contributed by atoms with Crippen molar-refractivity contribution in [2.24, 2.45) is 0 Å². The second kappa shape index (κ2) is 5.84. The lowest BCUT2D eigenvalue weighted by Crippen LogP contribution is -1.97. The van der Waals surface area contributed by atoms with E-state index in [2.05, 4.69) is 43.0 Å². The summed E-state index contributed by atoms with van der Waals surface area (Å²) in [6, 6.07) is 22.6. The molecule has 3 aromatic carbocycles. The van der Waals surface area contributed by atoms with Gasteiger partial charge in [0.2, 0.25) is 0 Å². The fraction of sp³-hybridized carbons (Fsp3) is 0.100. The fourth-order valence-corrected chi connectivity index (χ4v) is 2.54. The van der Waals surface area contributed by atoms with Crippen molar-refractivity contribution >= 4 is 16.3 Å². The van der Waals surface area contributed by atoms with E-state index in [-0.39, 0.29) is 0 Å². The largest absolute Gasteiger partial charge is 0.489 e. The summed E-state index contributed by atoms with van der Waals surface area (Å²) in [5, 5.41) is 2.47. The molecule has 0 saturated carbocycles. The Balaban J connectivity index is 1.96. The zero-order valence-electron chi connectivity index (χ0n) is 12.2. The molecule has 0 aliphatic rings. The predicted octanol–water partition coefficient (Wildman–Crippen LogP) is 5.45. The Hall–Kier alpha value is -2.54. The number of benzene rings is 3. The van der Waals surface area contributed by atoms with E-state index >= 15 is 0 Å². The molecule has 0 aromatic heterocycles. The van der Waals surface area contributed by atoms with Gasteiger partial charge in [-0.1, -0.05) is 66.7 Å². The summed E-state index contributed by atoms with van der Waals surface area (Å²) < 4.78 is 5.88. The molecular formula is C20H18O. The maximum atomic E-state index is 5.88. The molecule has 0 spiro atoms. The first-order chi connectivity index (χ1) is 10.3. The summed E-state index contributed by atoms with van der Waals surface area (Å²) in [6.07, 6.45) is 0. The summed E-state index contributed by atoms with van der Waals surface area (Å²) in [7, 11) is 0. The van der Waals surface area contributed by atoms with Crippen molar-refractivity contribution in [3.8, 4) is 5.75 Å². The molecule has 3 rings (SSSR count). The first kappa shape index (κ1) is 13.4. The highest BCUT2D eigenvalue weighted by molar-refractivity contribution is 5.95. The van der Waals surface area contributed by atoms with Crippen LogP contribution in [0.2, 0.25) is 0 Å². The van der Waals surface area contributed by atoms with Gasteiger partial charge in [-0.2, -0.15) is 0 Å². The van der Waals surface area contributed by atoms with Crippen LogP contribution in [-0.2, 0) is 6.61 Å². The number of allylic oxidation sites excluding steroid dienone is 1. The molecule has 1 heteroatoms. The van der Waals surface area contributed by atoms with Gasteiger partial charge in [0.25, 0.3) is 0 Å². The van der Waals surface area contributed by atoms with E-state index < -0.39 is 0 Å². The van der Waals surface area contributed by atoms with Crippen LogP contribution in [0.25, 0.3) is 16.3 Å². The topological polar surface area (TPSA) is 9.23 Å². The van der Waals surface area contributed by atoms with Gasteiger partial charge in [-0.3, -0.25) is 0 Å². The molecule has 0 N–H and O–H groups in total. The maximum Gasteiger partial charge on any atom is 0.119 e. The van der Waals surface area contributed by atoms with Crippen molar-refractivity contribution in [3.63, 3.8) is 0 Å². The van der Waals surface area contributed by atoms with Crippen LogP contribution in [0.15, 0.2) is 73.3 Å². The highest BCUT2D eigenvalue weighted by Crippen LogP contribution is 2.27. The number of hydrogen-bond acceptors (Lipinski definition) is 1. The minimum Gasteiger partial charge on any atom is -0.489 e. The SMILES string of the molecule is C=C(C)c1ccc(COc2ccccc2)c2ccccc12. The summed E-state index contributed by atoms with van der Waals surface area (Å²) in [5.41, 5.74) is 3.48. The Morgan fingerprint density at radius 1 is 0.857 bits per heavy atom. The molecule has 1 nitrogen and oxygen atoms in total. The van der Waals surface area contributed by atoms with Gasteiger partial charge in [-0.15, -0.1) is 0 Å². The van der Waals surface area contributed by atoms with Gasteiger partial charge < -0.3 is 4.74 Å². The average Bonchev–Trinajstić information content (AvgIpc) is 2.53. The summed E-state index contributed by atoms with van der Waals surface area (Å²) >= 11 is 0. The van der Waals surface area contributed by atoms with E-state index in [0.29, 0.717) is 6.61 Å². The third-order valence-electron chi connectivity index (χ3n) is 3.61. The maximum absolute atomic E-state index is 5.88. The molecule has 0 saturated heterocycles. The van der Waals surface area contributed by atoms with Gasteiger partial charge in [0.05, 0.1) is 0 Å². The Bertz CT molecular complexity index is 772. The number of hydrogen-bond donors (Lipinski definition) is 0. The van der Waals surface area contributed by atoms with Crippen LogP contribution in [0, 0.1) is 0 Å². The minimum atomic E-state index is 0.570. The van der Waals surface area contributed by atoms with Crippen molar-refractivity contribution in [2.45, 2.75) is 13.5 Å². The van der Waals surface area contributed by atoms with E-state index in [0.717, 1.165) is 11.3 Å². The predicted molar refractivity (Wildman–Crippen MR) is 89.4 cm³/mol. The normalized spacial score (nSPS) is 10.5. The lowest BCUT2D eigenvalue weighted by molar-refractivity contribution is 0.307. The minimum absolute atomic E-state index is 0.570. The van der Waals surface area contributed by atoms with Crippen LogP contribution in [0.4, 0.5) is 0 Å². The fourth-order valence-electron chi connectivity index (χ4n) is 2.54. The van der Waals surface area contributed by atoms with Gasteiger partial charge in [0, 0.05) is 0 Å². The summed E-state index contributed by atoms with van der Waals surface area (Å²) in [6.45, 7) is 6.68. The van der Waals surface area contributed by atoms with E-state index in [9.17, 15) is 0 Å². The number of rotatable bonds is 4. The lowest BCUT2D eigenvalue weighted by Gasteiger charge is -2.12. The molecule has 3 aromatic rings. The molecule has 0 atom stereocenters. The van der Waals surface area contributed by atoms with Gasteiger partial charge in [-0.25, -0.2) is 0 Å². The quantitative estimate of drug-likeness (QED) is 0.614. The molecule has 0 fully saturated rings. The zero-order valence-corrected chi connectivity index (χ0v) is 12.2. The third-order valence-corrected chi connectivity index (χ3v) is 3.61. The molecule has 0 aliphatic carbocycles. The Kier molecular flexibility index (Phi) is 3.74.